The minimum Gasteiger partial charge on any atom is -0.497 e. The highest BCUT2D eigenvalue weighted by atomic mass is 16.6. The summed E-state index contributed by atoms with van der Waals surface area (Å²) in [6, 6.07) is 20.1. The number of benzene rings is 3. The van der Waals surface area contributed by atoms with Crippen LogP contribution in [0.4, 0.5) is 11.4 Å². The van der Waals surface area contributed by atoms with E-state index in [-0.39, 0.29) is 17.9 Å². The number of ether oxygens (including phenoxy) is 2. The number of carbonyl (C=O) groups is 1. The number of anilines is 1. The first kappa shape index (κ1) is 20.9. The second-order valence-corrected chi connectivity index (χ2v) is 6.61. The van der Waals surface area contributed by atoms with Gasteiger partial charge in [-0.1, -0.05) is 42.5 Å². The van der Waals surface area contributed by atoms with Crippen molar-refractivity contribution in [2.45, 2.75) is 12.5 Å². The largest absolute Gasteiger partial charge is 0.497 e. The summed E-state index contributed by atoms with van der Waals surface area (Å²) in [6.07, 6.45) is 0.164. The Morgan fingerprint density at radius 3 is 2.30 bits per heavy atom. The normalized spacial score (nSPS) is 11.4. The number of hydrogen-bond acceptors (Lipinski definition) is 6. The topological polar surface area (TPSA) is 90.7 Å². The summed E-state index contributed by atoms with van der Waals surface area (Å²) in [5.41, 5.74) is 2.03. The number of nitrogens with zero attached hydrogens (tertiary/aromatic N) is 1. The van der Waals surface area contributed by atoms with Crippen LogP contribution in [0.25, 0.3) is 0 Å². The predicted octanol–water partition coefficient (Wildman–Crippen LogP) is 5.04. The first-order valence-electron chi connectivity index (χ1n) is 9.33. The second-order valence-electron chi connectivity index (χ2n) is 6.61. The maximum absolute atomic E-state index is 12.8. The van der Waals surface area contributed by atoms with E-state index in [0.29, 0.717) is 22.7 Å². The fraction of sp³-hybridized carbons (Fsp3) is 0.174. The predicted molar refractivity (Wildman–Crippen MR) is 114 cm³/mol. The molecule has 1 unspecified atom stereocenters. The Bertz CT molecular complexity index is 1020. The highest BCUT2D eigenvalue weighted by Crippen LogP contribution is 2.33. The number of nitrogens with one attached hydrogen (secondary N) is 1. The molecule has 0 heterocycles. The third kappa shape index (κ3) is 4.94. The SMILES string of the molecule is COc1ccc(NC(CC(=O)c2ccccc2)c2ccc([N+](=O)[O-])cc2)c(OC)c1. The Labute approximate surface area is 174 Å². The zero-order chi connectivity index (χ0) is 21.5. The van der Waals surface area contributed by atoms with Gasteiger partial charge in [0.25, 0.3) is 5.69 Å². The van der Waals surface area contributed by atoms with Crippen LogP contribution in [0.15, 0.2) is 72.8 Å². The van der Waals surface area contributed by atoms with E-state index in [0.717, 1.165) is 5.56 Å². The van der Waals surface area contributed by atoms with Gasteiger partial charge in [-0.2, -0.15) is 0 Å². The van der Waals surface area contributed by atoms with Gasteiger partial charge in [-0.3, -0.25) is 14.9 Å². The molecule has 3 aromatic carbocycles. The molecule has 3 rings (SSSR count). The van der Waals surface area contributed by atoms with Gasteiger partial charge >= 0.3 is 0 Å². The third-order valence-corrected chi connectivity index (χ3v) is 4.73. The molecule has 3 aromatic rings. The summed E-state index contributed by atoms with van der Waals surface area (Å²) in [5, 5.41) is 14.3. The summed E-state index contributed by atoms with van der Waals surface area (Å²) >= 11 is 0. The van der Waals surface area contributed by atoms with Crippen molar-refractivity contribution in [1.82, 2.24) is 0 Å². The molecular formula is C23H22N2O5. The first-order valence-corrected chi connectivity index (χ1v) is 9.33. The first-order chi connectivity index (χ1) is 14.5. The monoisotopic (exact) mass is 406 g/mol. The van der Waals surface area contributed by atoms with Crippen molar-refractivity contribution in [2.75, 3.05) is 19.5 Å². The van der Waals surface area contributed by atoms with Crippen molar-refractivity contribution in [3.63, 3.8) is 0 Å². The van der Waals surface area contributed by atoms with Crippen LogP contribution in [-0.4, -0.2) is 24.9 Å². The minimum absolute atomic E-state index is 0.00564. The Balaban J connectivity index is 1.93. The number of methoxy groups -OCH3 is 2. The molecule has 0 saturated carbocycles. The summed E-state index contributed by atoms with van der Waals surface area (Å²) < 4.78 is 10.7. The molecule has 7 nitrogen and oxygen atoms in total. The van der Waals surface area contributed by atoms with Crippen molar-refractivity contribution in [3.05, 3.63) is 94.0 Å². The molecule has 30 heavy (non-hydrogen) atoms. The van der Waals surface area contributed by atoms with Gasteiger partial charge in [0, 0.05) is 30.2 Å². The molecule has 0 spiro atoms. The fourth-order valence-corrected chi connectivity index (χ4v) is 3.11. The average molecular weight is 406 g/mol. The van der Waals surface area contributed by atoms with Crippen LogP contribution >= 0.6 is 0 Å². The lowest BCUT2D eigenvalue weighted by molar-refractivity contribution is -0.384. The van der Waals surface area contributed by atoms with Gasteiger partial charge in [0.05, 0.1) is 30.9 Å². The lowest BCUT2D eigenvalue weighted by atomic mass is 9.97. The highest BCUT2D eigenvalue weighted by Gasteiger charge is 2.20. The number of carbonyl (C=O) groups excluding carboxylic acids is 1. The number of non-ortho nitro benzene ring substituents is 1. The molecular weight excluding hydrogens is 384 g/mol. The molecule has 0 aliphatic carbocycles. The average Bonchev–Trinajstić information content (AvgIpc) is 2.79. The lowest BCUT2D eigenvalue weighted by Crippen LogP contribution is -2.16. The van der Waals surface area contributed by atoms with Crippen molar-refractivity contribution >= 4 is 17.2 Å². The summed E-state index contributed by atoms with van der Waals surface area (Å²) in [6.45, 7) is 0. The molecule has 7 heteroatoms. The maximum atomic E-state index is 12.8. The van der Waals surface area contributed by atoms with E-state index in [1.54, 1.807) is 50.6 Å². The number of nitro groups is 1. The number of Topliss-reactive ketones (excluding diaryl/α,β-unsaturated/α-hetero) is 1. The molecule has 0 bridgehead atoms. The molecule has 154 valence electrons. The number of ketones is 1. The van der Waals surface area contributed by atoms with Crippen LogP contribution in [-0.2, 0) is 0 Å². The van der Waals surface area contributed by atoms with E-state index in [2.05, 4.69) is 5.32 Å². The van der Waals surface area contributed by atoms with Crippen LogP contribution in [0, 0.1) is 10.1 Å². The Morgan fingerprint density at radius 2 is 1.70 bits per heavy atom. The summed E-state index contributed by atoms with van der Waals surface area (Å²) in [5.74, 6) is 1.16. The zero-order valence-electron chi connectivity index (χ0n) is 16.7. The van der Waals surface area contributed by atoms with Gasteiger partial charge in [0.1, 0.15) is 11.5 Å². The number of nitro benzene ring substituents is 1. The van der Waals surface area contributed by atoms with E-state index < -0.39 is 11.0 Å². The molecule has 1 N–H and O–H groups in total. The molecule has 0 aliphatic heterocycles. The fourth-order valence-electron chi connectivity index (χ4n) is 3.11. The minimum atomic E-state index is -0.451. The number of rotatable bonds is 9. The Kier molecular flexibility index (Phi) is 6.64. The van der Waals surface area contributed by atoms with Gasteiger partial charge in [-0.05, 0) is 17.7 Å². The molecule has 0 amide bonds. The smallest absolute Gasteiger partial charge is 0.269 e. The van der Waals surface area contributed by atoms with E-state index in [1.807, 2.05) is 24.3 Å². The third-order valence-electron chi connectivity index (χ3n) is 4.73. The van der Waals surface area contributed by atoms with Crippen molar-refractivity contribution in [3.8, 4) is 11.5 Å². The highest BCUT2D eigenvalue weighted by molar-refractivity contribution is 5.96. The standard InChI is InChI=1S/C23H22N2O5/c1-29-19-12-13-20(23(14-19)30-2)24-21(15-22(26)17-6-4-3-5-7-17)16-8-10-18(11-9-16)25(27)28/h3-14,21,24H,15H2,1-2H3. The lowest BCUT2D eigenvalue weighted by Gasteiger charge is -2.22. The van der Waals surface area contributed by atoms with Crippen molar-refractivity contribution in [2.24, 2.45) is 0 Å². The number of hydrogen-bond donors (Lipinski definition) is 1. The Hall–Kier alpha value is -3.87. The van der Waals surface area contributed by atoms with Crippen LogP contribution < -0.4 is 14.8 Å². The molecule has 1 atom stereocenters. The van der Waals surface area contributed by atoms with Crippen molar-refractivity contribution < 1.29 is 19.2 Å². The van der Waals surface area contributed by atoms with Gasteiger partial charge < -0.3 is 14.8 Å². The van der Waals surface area contributed by atoms with E-state index in [4.69, 9.17) is 9.47 Å². The zero-order valence-corrected chi connectivity index (χ0v) is 16.7. The maximum Gasteiger partial charge on any atom is 0.269 e. The van der Waals surface area contributed by atoms with Crippen LogP contribution in [0.2, 0.25) is 0 Å². The van der Waals surface area contributed by atoms with Crippen LogP contribution in [0.3, 0.4) is 0 Å². The van der Waals surface area contributed by atoms with Gasteiger partial charge in [0.2, 0.25) is 0 Å². The summed E-state index contributed by atoms with van der Waals surface area (Å²) in [7, 11) is 3.12. The van der Waals surface area contributed by atoms with Crippen molar-refractivity contribution in [1.29, 1.82) is 0 Å². The van der Waals surface area contributed by atoms with Gasteiger partial charge in [-0.15, -0.1) is 0 Å². The Morgan fingerprint density at radius 1 is 1.00 bits per heavy atom. The second kappa shape index (κ2) is 9.56. The molecule has 0 radical (unpaired) electrons. The molecule has 0 aromatic heterocycles. The van der Waals surface area contributed by atoms with E-state index in [9.17, 15) is 14.9 Å². The van der Waals surface area contributed by atoms with E-state index in [1.165, 1.54) is 12.1 Å². The van der Waals surface area contributed by atoms with Gasteiger partial charge in [-0.25, -0.2) is 0 Å². The quantitative estimate of drug-likeness (QED) is 0.304. The van der Waals surface area contributed by atoms with Gasteiger partial charge in [0.15, 0.2) is 5.78 Å². The summed E-state index contributed by atoms with van der Waals surface area (Å²) in [4.78, 5) is 23.4. The molecule has 0 fully saturated rings. The molecule has 0 aliphatic rings. The van der Waals surface area contributed by atoms with Crippen LogP contribution in [0.1, 0.15) is 28.4 Å². The van der Waals surface area contributed by atoms with E-state index >= 15 is 0 Å². The molecule has 0 saturated heterocycles. The van der Waals surface area contributed by atoms with Crippen LogP contribution in [0.5, 0.6) is 11.5 Å².